The maximum absolute atomic E-state index is 11.3. The van der Waals surface area contributed by atoms with E-state index in [9.17, 15) is 19.8 Å². The molecule has 2 N–H and O–H groups in total. The Labute approximate surface area is 174 Å². The molecule has 0 radical (unpaired) electrons. The number of hydrogen-bond donors (Lipinski definition) is 2. The van der Waals surface area contributed by atoms with E-state index < -0.39 is 36.4 Å². The van der Waals surface area contributed by atoms with E-state index in [1.54, 1.807) is 13.8 Å². The first-order valence-corrected chi connectivity index (χ1v) is 9.74. The standard InChI is InChI=1S/2C10H14O5/c2*1-5(2)10(12)15-7-4-14-8-6(11)3-13-9(7)8/h2*6-9,11H,1,3-4H2,2H3/t6-,7+,8+,9+;6-,7+,8-,9-/m01/s1. The van der Waals surface area contributed by atoms with Crippen molar-refractivity contribution in [2.45, 2.75) is 62.7 Å². The molecule has 0 aromatic heterocycles. The van der Waals surface area contributed by atoms with E-state index in [2.05, 4.69) is 13.2 Å². The average molecular weight is 428 g/mol. The molecule has 4 heterocycles. The van der Waals surface area contributed by atoms with Crippen LogP contribution in [-0.4, -0.2) is 97.4 Å². The number of rotatable bonds is 4. The molecule has 0 saturated carbocycles. The zero-order chi connectivity index (χ0) is 22.0. The molecule has 0 unspecified atom stereocenters. The summed E-state index contributed by atoms with van der Waals surface area (Å²) >= 11 is 0. The van der Waals surface area contributed by atoms with Crippen LogP contribution in [0.5, 0.6) is 0 Å². The second-order valence-corrected chi connectivity index (χ2v) is 7.77. The Hall–Kier alpha value is -1.82. The number of aliphatic hydroxyl groups excluding tert-OH is 2. The molecule has 168 valence electrons. The van der Waals surface area contributed by atoms with Crippen molar-refractivity contribution < 1.29 is 48.2 Å². The van der Waals surface area contributed by atoms with Crippen molar-refractivity contribution in [1.82, 2.24) is 0 Å². The van der Waals surface area contributed by atoms with Crippen LogP contribution in [0.1, 0.15) is 13.8 Å². The van der Waals surface area contributed by atoms with Gasteiger partial charge in [-0.1, -0.05) is 13.2 Å². The first-order valence-electron chi connectivity index (χ1n) is 9.74. The van der Waals surface area contributed by atoms with Gasteiger partial charge in [0.25, 0.3) is 0 Å². The highest BCUT2D eigenvalue weighted by atomic mass is 16.6. The minimum absolute atomic E-state index is 0.233. The minimum Gasteiger partial charge on any atom is -0.454 e. The zero-order valence-electron chi connectivity index (χ0n) is 17.0. The number of ether oxygens (including phenoxy) is 6. The molecular weight excluding hydrogens is 400 g/mol. The van der Waals surface area contributed by atoms with E-state index in [-0.39, 0.29) is 50.8 Å². The molecule has 30 heavy (non-hydrogen) atoms. The van der Waals surface area contributed by atoms with Crippen LogP contribution in [0.3, 0.4) is 0 Å². The molecule has 0 aromatic rings. The largest absolute Gasteiger partial charge is 0.454 e. The number of hydrogen-bond acceptors (Lipinski definition) is 10. The Balaban J connectivity index is 0.000000171. The van der Waals surface area contributed by atoms with E-state index >= 15 is 0 Å². The third-order valence-electron chi connectivity index (χ3n) is 5.18. The molecule has 4 fully saturated rings. The van der Waals surface area contributed by atoms with E-state index in [0.29, 0.717) is 11.1 Å². The predicted molar refractivity (Wildman–Crippen MR) is 100 cm³/mol. The van der Waals surface area contributed by atoms with Crippen molar-refractivity contribution in [3.05, 3.63) is 24.3 Å². The van der Waals surface area contributed by atoms with Gasteiger partial charge in [0.2, 0.25) is 0 Å². The Morgan fingerprint density at radius 3 is 1.37 bits per heavy atom. The number of aliphatic hydroxyl groups is 2. The van der Waals surface area contributed by atoms with Crippen LogP contribution in [0.25, 0.3) is 0 Å². The molecule has 0 aromatic carbocycles. The highest BCUT2D eigenvalue weighted by Gasteiger charge is 2.49. The second-order valence-electron chi connectivity index (χ2n) is 7.77. The Morgan fingerprint density at radius 2 is 1.03 bits per heavy atom. The number of fused-ring (bicyclic) bond motifs is 2. The summed E-state index contributed by atoms with van der Waals surface area (Å²) in [5.74, 6) is -0.900. The molecule has 0 bridgehead atoms. The van der Waals surface area contributed by atoms with E-state index in [1.165, 1.54) is 0 Å². The molecule has 0 aliphatic carbocycles. The summed E-state index contributed by atoms with van der Waals surface area (Å²) in [6.07, 6.45) is -3.53. The van der Waals surface area contributed by atoms with Crippen molar-refractivity contribution in [3.8, 4) is 0 Å². The lowest BCUT2D eigenvalue weighted by Crippen LogP contribution is -2.34. The quantitative estimate of drug-likeness (QED) is 0.436. The first-order chi connectivity index (χ1) is 14.2. The van der Waals surface area contributed by atoms with Gasteiger partial charge in [-0.05, 0) is 13.8 Å². The molecule has 10 heteroatoms. The topological polar surface area (TPSA) is 130 Å². The average Bonchev–Trinajstić information content (AvgIpc) is 3.43. The monoisotopic (exact) mass is 428 g/mol. The third-order valence-corrected chi connectivity index (χ3v) is 5.18. The van der Waals surface area contributed by atoms with Crippen molar-refractivity contribution in [2.75, 3.05) is 26.4 Å². The maximum Gasteiger partial charge on any atom is 0.333 e. The van der Waals surface area contributed by atoms with E-state index in [4.69, 9.17) is 28.4 Å². The molecule has 4 rings (SSSR count). The van der Waals surface area contributed by atoms with Gasteiger partial charge in [-0.2, -0.15) is 0 Å². The molecule has 0 spiro atoms. The molecule has 8 atom stereocenters. The van der Waals surface area contributed by atoms with Crippen LogP contribution < -0.4 is 0 Å². The summed E-state index contributed by atoms with van der Waals surface area (Å²) in [6, 6.07) is 0. The van der Waals surface area contributed by atoms with Crippen molar-refractivity contribution in [3.63, 3.8) is 0 Å². The highest BCUT2D eigenvalue weighted by molar-refractivity contribution is 5.87. The van der Waals surface area contributed by atoms with Gasteiger partial charge in [0.05, 0.1) is 26.4 Å². The molecule has 10 nitrogen and oxygen atoms in total. The summed E-state index contributed by atoms with van der Waals surface area (Å²) in [5.41, 5.74) is 0.689. The van der Waals surface area contributed by atoms with Gasteiger partial charge < -0.3 is 38.6 Å². The van der Waals surface area contributed by atoms with Crippen molar-refractivity contribution >= 4 is 11.9 Å². The summed E-state index contributed by atoms with van der Waals surface area (Å²) in [6.45, 7) is 11.2. The van der Waals surface area contributed by atoms with Crippen LogP contribution in [0.4, 0.5) is 0 Å². The predicted octanol–water partition coefficient (Wildman–Crippen LogP) is -0.734. The van der Waals surface area contributed by atoms with Crippen LogP contribution in [0.15, 0.2) is 24.3 Å². The lowest BCUT2D eigenvalue weighted by atomic mass is 10.1. The molecule has 4 saturated heterocycles. The fourth-order valence-electron chi connectivity index (χ4n) is 3.57. The molecule has 4 aliphatic heterocycles. The van der Waals surface area contributed by atoms with Gasteiger partial charge in [-0.25, -0.2) is 9.59 Å². The Morgan fingerprint density at radius 1 is 0.700 bits per heavy atom. The fraction of sp³-hybridized carbons (Fsp3) is 0.700. The van der Waals surface area contributed by atoms with Crippen LogP contribution in [0.2, 0.25) is 0 Å². The van der Waals surface area contributed by atoms with Gasteiger partial charge in [-0.3, -0.25) is 0 Å². The lowest BCUT2D eigenvalue weighted by Gasteiger charge is -2.16. The van der Waals surface area contributed by atoms with Crippen LogP contribution >= 0.6 is 0 Å². The van der Waals surface area contributed by atoms with Crippen molar-refractivity contribution in [2.24, 2.45) is 0 Å². The van der Waals surface area contributed by atoms with Crippen LogP contribution in [0, 0.1) is 0 Å². The lowest BCUT2D eigenvalue weighted by molar-refractivity contribution is -0.149. The van der Waals surface area contributed by atoms with Gasteiger partial charge in [0.15, 0.2) is 12.2 Å². The Bertz CT molecular complexity index is 633. The zero-order valence-corrected chi connectivity index (χ0v) is 17.0. The summed E-state index contributed by atoms with van der Waals surface area (Å²) in [5, 5.41) is 18.9. The maximum atomic E-state index is 11.3. The van der Waals surface area contributed by atoms with Crippen molar-refractivity contribution in [1.29, 1.82) is 0 Å². The Kier molecular flexibility index (Phi) is 7.27. The van der Waals surface area contributed by atoms with Gasteiger partial charge >= 0.3 is 11.9 Å². The minimum atomic E-state index is -0.622. The van der Waals surface area contributed by atoms with E-state index in [1.807, 2.05) is 0 Å². The van der Waals surface area contributed by atoms with Gasteiger partial charge in [0, 0.05) is 11.1 Å². The first kappa shape index (κ1) is 22.9. The fourth-order valence-corrected chi connectivity index (χ4v) is 3.57. The molecule has 0 amide bonds. The number of carbonyl (C=O) groups is 2. The van der Waals surface area contributed by atoms with E-state index in [0.717, 1.165) is 0 Å². The van der Waals surface area contributed by atoms with Gasteiger partial charge in [-0.15, -0.1) is 0 Å². The van der Waals surface area contributed by atoms with Gasteiger partial charge in [0.1, 0.15) is 36.6 Å². The SMILES string of the molecule is C=C(C)C(=O)O[C@@H]1CO[C@H]2[C@@H]1OC[C@@H]2O.C=C(C)C(=O)O[C@H]1CO[C@H]2[C@@H]1OC[C@H]2O. The molecule has 4 aliphatic rings. The van der Waals surface area contributed by atoms with Crippen LogP contribution in [-0.2, 0) is 38.0 Å². The summed E-state index contributed by atoms with van der Waals surface area (Å²) < 4.78 is 31.5. The third kappa shape index (κ3) is 4.90. The normalized spacial score (nSPS) is 38.8. The number of carbonyl (C=O) groups excluding carboxylic acids is 2. The second kappa shape index (κ2) is 9.54. The highest BCUT2D eigenvalue weighted by Crippen LogP contribution is 2.30. The smallest absolute Gasteiger partial charge is 0.333 e. The summed E-state index contributed by atoms with van der Waals surface area (Å²) in [7, 11) is 0. The molecular formula is C20H28O10. The summed E-state index contributed by atoms with van der Waals surface area (Å²) in [4.78, 5) is 22.5. The number of esters is 2.